The van der Waals surface area contributed by atoms with Crippen LogP contribution < -0.4 is 14.8 Å². The number of carbonyl (C=O) groups excluding carboxylic acids is 2. The van der Waals surface area contributed by atoms with Gasteiger partial charge in [-0.25, -0.2) is 4.98 Å². The predicted octanol–water partition coefficient (Wildman–Crippen LogP) is 6.10. The van der Waals surface area contributed by atoms with Crippen molar-refractivity contribution in [1.82, 2.24) is 9.88 Å². The standard InChI is InChI=1S/C31H31N3O4/c1-19-17-26(38-4)33-29-24(18-25(37-3)28(27(19)29)21-12-6-5-7-13-21)32-20(2)11-10-16-34-30(35)22-14-8-9-15-23(22)31(34)36/h5-9,12-15,17-18,20,32H,10-11,16H2,1-4H3. The second kappa shape index (κ2) is 10.5. The molecule has 1 aromatic heterocycles. The number of nitrogens with one attached hydrogen (secondary N) is 1. The largest absolute Gasteiger partial charge is 0.496 e. The summed E-state index contributed by atoms with van der Waals surface area (Å²) >= 11 is 0. The fourth-order valence-corrected chi connectivity index (χ4v) is 5.15. The predicted molar refractivity (Wildman–Crippen MR) is 149 cm³/mol. The van der Waals surface area contributed by atoms with E-state index in [1.807, 2.05) is 37.3 Å². The Morgan fingerprint density at radius 2 is 1.58 bits per heavy atom. The Kier molecular flexibility index (Phi) is 7.01. The van der Waals surface area contributed by atoms with Gasteiger partial charge in [-0.1, -0.05) is 42.5 Å². The van der Waals surface area contributed by atoms with Crippen molar-refractivity contribution < 1.29 is 19.1 Å². The lowest BCUT2D eigenvalue weighted by atomic mass is 9.95. The van der Waals surface area contributed by atoms with Crippen LogP contribution in [0.3, 0.4) is 0 Å². The fraction of sp³-hybridized carbons (Fsp3) is 0.258. The zero-order valence-electron chi connectivity index (χ0n) is 22.1. The van der Waals surface area contributed by atoms with Gasteiger partial charge in [-0.2, -0.15) is 0 Å². The number of hydrogen-bond donors (Lipinski definition) is 1. The number of amides is 2. The molecule has 4 aromatic rings. The summed E-state index contributed by atoms with van der Waals surface area (Å²) in [6.07, 6.45) is 1.42. The summed E-state index contributed by atoms with van der Waals surface area (Å²) in [6, 6.07) is 21.1. The molecular formula is C31H31N3O4. The van der Waals surface area contributed by atoms with Crippen LogP contribution in [0.2, 0.25) is 0 Å². The molecular weight excluding hydrogens is 478 g/mol. The number of benzene rings is 3. The van der Waals surface area contributed by atoms with Crippen molar-refractivity contribution in [3.63, 3.8) is 0 Å². The molecule has 2 heterocycles. The molecule has 7 heteroatoms. The molecule has 1 aliphatic rings. The molecule has 0 radical (unpaired) electrons. The van der Waals surface area contributed by atoms with Gasteiger partial charge in [0.15, 0.2) is 0 Å². The van der Waals surface area contributed by atoms with Crippen molar-refractivity contribution in [3.05, 3.63) is 83.4 Å². The molecule has 0 aliphatic carbocycles. The average Bonchev–Trinajstić information content (AvgIpc) is 3.18. The number of pyridine rings is 1. The van der Waals surface area contributed by atoms with Gasteiger partial charge >= 0.3 is 0 Å². The van der Waals surface area contributed by atoms with Gasteiger partial charge in [0.1, 0.15) is 5.75 Å². The van der Waals surface area contributed by atoms with Crippen LogP contribution in [0.4, 0.5) is 5.69 Å². The molecule has 3 aromatic carbocycles. The van der Waals surface area contributed by atoms with Crippen LogP contribution in [0.15, 0.2) is 66.7 Å². The third-order valence-corrected chi connectivity index (χ3v) is 7.01. The minimum Gasteiger partial charge on any atom is -0.496 e. The SMILES string of the molecule is COc1cc(C)c2c(-c3ccccc3)c(OC)cc(NC(C)CCCN3C(=O)c4ccccc4C3=O)c2n1. The fourth-order valence-electron chi connectivity index (χ4n) is 5.15. The van der Waals surface area contributed by atoms with E-state index < -0.39 is 0 Å². The van der Waals surface area contributed by atoms with E-state index in [0.29, 0.717) is 30.0 Å². The topological polar surface area (TPSA) is 80.8 Å². The molecule has 0 saturated carbocycles. The number of fused-ring (bicyclic) bond motifs is 2. The quantitative estimate of drug-likeness (QED) is 0.275. The molecule has 7 nitrogen and oxygen atoms in total. The van der Waals surface area contributed by atoms with Gasteiger partial charge in [-0.15, -0.1) is 0 Å². The van der Waals surface area contributed by atoms with Gasteiger partial charge in [-0.3, -0.25) is 14.5 Å². The third kappa shape index (κ3) is 4.56. The first kappa shape index (κ1) is 25.3. The summed E-state index contributed by atoms with van der Waals surface area (Å²) in [6.45, 7) is 4.51. The smallest absolute Gasteiger partial charge is 0.261 e. The van der Waals surface area contributed by atoms with Gasteiger partial charge in [0.05, 0.1) is 36.6 Å². The van der Waals surface area contributed by atoms with Crippen LogP contribution in [-0.4, -0.2) is 48.5 Å². The second-order valence-electron chi connectivity index (χ2n) is 9.57. The molecule has 1 unspecified atom stereocenters. The van der Waals surface area contributed by atoms with Gasteiger partial charge in [0.2, 0.25) is 5.88 Å². The Labute approximate surface area is 222 Å². The minimum atomic E-state index is -0.217. The van der Waals surface area contributed by atoms with Gasteiger partial charge in [0, 0.05) is 35.7 Å². The average molecular weight is 510 g/mol. The van der Waals surface area contributed by atoms with Crippen LogP contribution in [0.1, 0.15) is 46.0 Å². The van der Waals surface area contributed by atoms with Crippen molar-refractivity contribution in [1.29, 1.82) is 0 Å². The number of nitrogens with zero attached hydrogens (tertiary/aromatic N) is 2. The van der Waals surface area contributed by atoms with Crippen LogP contribution >= 0.6 is 0 Å². The summed E-state index contributed by atoms with van der Waals surface area (Å²) in [7, 11) is 3.29. The highest BCUT2D eigenvalue weighted by molar-refractivity contribution is 6.21. The number of rotatable bonds is 9. The van der Waals surface area contributed by atoms with E-state index in [1.165, 1.54) is 4.90 Å². The number of aryl methyl sites for hydroxylation is 1. The Balaban J connectivity index is 1.40. The van der Waals surface area contributed by atoms with E-state index >= 15 is 0 Å². The Morgan fingerprint density at radius 1 is 0.921 bits per heavy atom. The monoisotopic (exact) mass is 509 g/mol. The zero-order valence-corrected chi connectivity index (χ0v) is 22.1. The van der Waals surface area contributed by atoms with Crippen LogP contribution in [0.5, 0.6) is 11.6 Å². The highest BCUT2D eigenvalue weighted by Gasteiger charge is 2.34. The molecule has 0 fully saturated rings. The van der Waals surface area contributed by atoms with Crippen molar-refractivity contribution in [2.75, 3.05) is 26.1 Å². The molecule has 1 N–H and O–H groups in total. The first-order valence-electron chi connectivity index (χ1n) is 12.8. The molecule has 38 heavy (non-hydrogen) atoms. The molecule has 0 spiro atoms. The van der Waals surface area contributed by atoms with Crippen molar-refractivity contribution in [2.24, 2.45) is 0 Å². The summed E-state index contributed by atoms with van der Waals surface area (Å²) < 4.78 is 11.4. The van der Waals surface area contributed by atoms with Crippen molar-refractivity contribution >= 4 is 28.4 Å². The van der Waals surface area contributed by atoms with E-state index in [9.17, 15) is 9.59 Å². The second-order valence-corrected chi connectivity index (χ2v) is 9.57. The van der Waals surface area contributed by atoms with Crippen LogP contribution in [0.25, 0.3) is 22.0 Å². The maximum absolute atomic E-state index is 12.7. The van der Waals surface area contributed by atoms with Crippen molar-refractivity contribution in [2.45, 2.75) is 32.7 Å². The zero-order chi connectivity index (χ0) is 26.8. The third-order valence-electron chi connectivity index (χ3n) is 7.01. The summed E-state index contributed by atoms with van der Waals surface area (Å²) in [4.78, 5) is 31.5. The molecule has 0 saturated heterocycles. The Morgan fingerprint density at radius 3 is 2.21 bits per heavy atom. The number of carbonyl (C=O) groups is 2. The van der Waals surface area contributed by atoms with E-state index in [0.717, 1.165) is 45.5 Å². The lowest BCUT2D eigenvalue weighted by Crippen LogP contribution is -2.31. The van der Waals surface area contributed by atoms with Gasteiger partial charge in [-0.05, 0) is 49.9 Å². The summed E-state index contributed by atoms with van der Waals surface area (Å²) in [5, 5.41) is 4.59. The van der Waals surface area contributed by atoms with E-state index in [2.05, 4.69) is 24.4 Å². The Hall–Kier alpha value is -4.39. The van der Waals surface area contributed by atoms with E-state index in [-0.39, 0.29) is 17.9 Å². The first-order chi connectivity index (χ1) is 18.4. The summed E-state index contributed by atoms with van der Waals surface area (Å²) in [5.74, 6) is 0.857. The van der Waals surface area contributed by atoms with E-state index in [1.54, 1.807) is 38.5 Å². The Bertz CT molecular complexity index is 1480. The van der Waals surface area contributed by atoms with Gasteiger partial charge in [0.25, 0.3) is 11.8 Å². The minimum absolute atomic E-state index is 0.0500. The number of anilines is 1. The highest BCUT2D eigenvalue weighted by Crippen LogP contribution is 2.43. The maximum atomic E-state index is 12.7. The van der Waals surface area contributed by atoms with Crippen LogP contribution in [-0.2, 0) is 0 Å². The molecule has 1 atom stereocenters. The molecule has 5 rings (SSSR count). The lowest BCUT2D eigenvalue weighted by Gasteiger charge is -2.22. The number of imide groups is 1. The number of methoxy groups -OCH3 is 2. The number of aromatic nitrogens is 1. The van der Waals surface area contributed by atoms with E-state index in [4.69, 9.17) is 14.5 Å². The van der Waals surface area contributed by atoms with Crippen LogP contribution in [0, 0.1) is 6.92 Å². The van der Waals surface area contributed by atoms with Crippen molar-refractivity contribution in [3.8, 4) is 22.8 Å². The van der Waals surface area contributed by atoms with Gasteiger partial charge < -0.3 is 14.8 Å². The number of hydrogen-bond acceptors (Lipinski definition) is 6. The highest BCUT2D eigenvalue weighted by atomic mass is 16.5. The molecule has 0 bridgehead atoms. The lowest BCUT2D eigenvalue weighted by molar-refractivity contribution is 0.0651. The maximum Gasteiger partial charge on any atom is 0.261 e. The first-order valence-corrected chi connectivity index (χ1v) is 12.8. The molecule has 1 aliphatic heterocycles. The normalized spacial score (nSPS) is 13.5. The summed E-state index contributed by atoms with van der Waals surface area (Å²) in [5.41, 5.74) is 5.67. The molecule has 194 valence electrons. The molecule has 2 amide bonds. The number of ether oxygens (including phenoxy) is 2.